The maximum absolute atomic E-state index is 12.0. The molecule has 1 aliphatic rings. The Morgan fingerprint density at radius 3 is 2.67 bits per heavy atom. The summed E-state index contributed by atoms with van der Waals surface area (Å²) in [5, 5.41) is 0.104. The zero-order valence-electron chi connectivity index (χ0n) is 9.84. The lowest BCUT2D eigenvalue weighted by Crippen LogP contribution is -2.18. The molecule has 0 aromatic heterocycles. The van der Waals surface area contributed by atoms with E-state index < -0.39 is 15.1 Å². The fourth-order valence-electron chi connectivity index (χ4n) is 2.37. The second-order valence-corrected chi connectivity index (χ2v) is 7.78. The van der Waals surface area contributed by atoms with Crippen molar-refractivity contribution in [2.24, 2.45) is 11.7 Å². The van der Waals surface area contributed by atoms with E-state index in [2.05, 4.69) is 0 Å². The lowest BCUT2D eigenvalue weighted by Gasteiger charge is -2.01. The predicted molar refractivity (Wildman–Crippen MR) is 77.7 cm³/mol. The lowest BCUT2D eigenvalue weighted by atomic mass is 10.1. The standard InChI is InChI=1S/C12H14ClNO2S2/c1-2-18(15,16)11-9(10(11)12(14)17)7-4-3-5-8(13)6-7/h3-6,9-11H,2H2,1H3,(H2,14,17)/t9-,10+,11-/m0/s1. The normalized spacial score (nSPS) is 26.9. The van der Waals surface area contributed by atoms with Crippen LogP contribution >= 0.6 is 23.8 Å². The molecule has 98 valence electrons. The minimum Gasteiger partial charge on any atom is -0.393 e. The third-order valence-corrected chi connectivity index (χ3v) is 6.06. The molecule has 0 spiro atoms. The van der Waals surface area contributed by atoms with E-state index in [0.717, 1.165) is 5.56 Å². The second kappa shape index (κ2) is 4.79. The van der Waals surface area contributed by atoms with Gasteiger partial charge in [-0.05, 0) is 17.7 Å². The van der Waals surface area contributed by atoms with E-state index in [1.165, 1.54) is 0 Å². The molecule has 1 saturated carbocycles. The molecule has 0 heterocycles. The maximum atomic E-state index is 12.0. The van der Waals surface area contributed by atoms with Gasteiger partial charge in [0, 0.05) is 22.6 Å². The Hall–Kier alpha value is -0.650. The van der Waals surface area contributed by atoms with Crippen LogP contribution in [0.1, 0.15) is 18.4 Å². The van der Waals surface area contributed by atoms with Crippen LogP contribution in [0.15, 0.2) is 24.3 Å². The molecule has 0 bridgehead atoms. The summed E-state index contributed by atoms with van der Waals surface area (Å²) in [4.78, 5) is 0.266. The van der Waals surface area contributed by atoms with E-state index in [-0.39, 0.29) is 22.6 Å². The number of nitrogens with two attached hydrogens (primary N) is 1. The summed E-state index contributed by atoms with van der Waals surface area (Å²) in [5.41, 5.74) is 6.53. The smallest absolute Gasteiger partial charge is 0.154 e. The zero-order chi connectivity index (χ0) is 13.5. The van der Waals surface area contributed by atoms with E-state index in [4.69, 9.17) is 29.6 Å². The molecule has 2 N–H and O–H groups in total. The topological polar surface area (TPSA) is 60.2 Å². The number of sulfone groups is 1. The molecule has 0 saturated heterocycles. The van der Waals surface area contributed by atoms with Crippen molar-refractivity contribution in [1.29, 1.82) is 0 Å². The van der Waals surface area contributed by atoms with Crippen LogP contribution in [0, 0.1) is 5.92 Å². The van der Waals surface area contributed by atoms with E-state index in [9.17, 15) is 8.42 Å². The van der Waals surface area contributed by atoms with Gasteiger partial charge in [0.05, 0.1) is 10.2 Å². The molecule has 1 fully saturated rings. The minimum atomic E-state index is -3.14. The van der Waals surface area contributed by atoms with E-state index >= 15 is 0 Å². The predicted octanol–water partition coefficient (Wildman–Crippen LogP) is 2.14. The van der Waals surface area contributed by atoms with Gasteiger partial charge in [-0.15, -0.1) is 0 Å². The van der Waals surface area contributed by atoms with Gasteiger partial charge in [0.25, 0.3) is 0 Å². The van der Waals surface area contributed by atoms with Crippen molar-refractivity contribution in [2.75, 3.05) is 5.75 Å². The van der Waals surface area contributed by atoms with E-state index in [1.807, 2.05) is 12.1 Å². The van der Waals surface area contributed by atoms with Crippen molar-refractivity contribution in [3.8, 4) is 0 Å². The van der Waals surface area contributed by atoms with Crippen molar-refractivity contribution < 1.29 is 8.42 Å². The molecule has 1 aromatic carbocycles. The first kappa shape index (κ1) is 13.8. The summed E-state index contributed by atoms with van der Waals surface area (Å²) in [6.45, 7) is 1.64. The largest absolute Gasteiger partial charge is 0.393 e. The van der Waals surface area contributed by atoms with Gasteiger partial charge in [0.2, 0.25) is 0 Å². The van der Waals surface area contributed by atoms with Crippen LogP contribution in [0.25, 0.3) is 0 Å². The van der Waals surface area contributed by atoms with Crippen LogP contribution in [0.5, 0.6) is 0 Å². The first-order valence-electron chi connectivity index (χ1n) is 5.65. The molecular weight excluding hydrogens is 290 g/mol. The zero-order valence-corrected chi connectivity index (χ0v) is 12.2. The minimum absolute atomic E-state index is 0.105. The Labute approximate surface area is 117 Å². The van der Waals surface area contributed by atoms with Gasteiger partial charge >= 0.3 is 0 Å². The highest BCUT2D eigenvalue weighted by atomic mass is 35.5. The van der Waals surface area contributed by atoms with Crippen LogP contribution in [0.2, 0.25) is 5.02 Å². The summed E-state index contributed by atoms with van der Waals surface area (Å²) in [6.07, 6.45) is 0. The lowest BCUT2D eigenvalue weighted by molar-refractivity contribution is 0.594. The Morgan fingerprint density at radius 1 is 1.50 bits per heavy atom. The maximum Gasteiger partial charge on any atom is 0.154 e. The molecule has 0 aliphatic heterocycles. The molecule has 3 atom stereocenters. The number of halogens is 1. The van der Waals surface area contributed by atoms with Crippen LogP contribution in [-0.4, -0.2) is 24.4 Å². The highest BCUT2D eigenvalue weighted by Gasteiger charge is 2.59. The fourth-order valence-corrected chi connectivity index (χ4v) is 4.78. The third-order valence-electron chi connectivity index (χ3n) is 3.33. The fraction of sp³-hybridized carbons (Fsp3) is 0.417. The molecule has 3 nitrogen and oxygen atoms in total. The van der Waals surface area contributed by atoms with Gasteiger partial charge in [-0.3, -0.25) is 0 Å². The molecule has 0 amide bonds. The van der Waals surface area contributed by atoms with Crippen molar-refractivity contribution in [1.82, 2.24) is 0 Å². The molecule has 1 aliphatic carbocycles. The molecule has 18 heavy (non-hydrogen) atoms. The number of rotatable bonds is 4. The van der Waals surface area contributed by atoms with E-state index in [1.54, 1.807) is 19.1 Å². The van der Waals surface area contributed by atoms with Gasteiger partial charge < -0.3 is 5.73 Å². The van der Waals surface area contributed by atoms with Crippen molar-refractivity contribution in [2.45, 2.75) is 18.1 Å². The third kappa shape index (κ3) is 2.39. The highest BCUT2D eigenvalue weighted by molar-refractivity contribution is 7.92. The number of hydrogen-bond donors (Lipinski definition) is 1. The number of hydrogen-bond acceptors (Lipinski definition) is 3. The molecule has 6 heteroatoms. The van der Waals surface area contributed by atoms with Crippen LogP contribution in [0.3, 0.4) is 0 Å². The number of benzene rings is 1. The van der Waals surface area contributed by atoms with Crippen molar-refractivity contribution in [3.05, 3.63) is 34.9 Å². The SMILES string of the molecule is CCS(=O)(=O)[C@@H]1[C@H](C(N)=S)[C@@H]1c1cccc(Cl)c1. The summed E-state index contributed by atoms with van der Waals surface area (Å²) in [5.74, 6) is -0.303. The molecule has 0 unspecified atom stereocenters. The van der Waals surface area contributed by atoms with Crippen LogP contribution in [0.4, 0.5) is 0 Å². The van der Waals surface area contributed by atoms with Gasteiger partial charge in [-0.1, -0.05) is 42.9 Å². The summed E-state index contributed by atoms with van der Waals surface area (Å²) in [7, 11) is -3.14. The van der Waals surface area contributed by atoms with Gasteiger partial charge in [0.15, 0.2) is 9.84 Å². The van der Waals surface area contributed by atoms with Crippen molar-refractivity contribution >= 4 is 38.6 Å². The molecule has 0 radical (unpaired) electrons. The van der Waals surface area contributed by atoms with Crippen LogP contribution in [-0.2, 0) is 9.84 Å². The average molecular weight is 304 g/mol. The first-order valence-corrected chi connectivity index (χ1v) is 8.15. The summed E-state index contributed by atoms with van der Waals surface area (Å²) < 4.78 is 24.0. The van der Waals surface area contributed by atoms with Gasteiger partial charge in [-0.2, -0.15) is 0 Å². The second-order valence-electron chi connectivity index (χ2n) is 4.43. The Balaban J connectivity index is 2.37. The molecular formula is C12H14ClNO2S2. The quantitative estimate of drug-likeness (QED) is 0.866. The number of thiocarbonyl (C=S) groups is 1. The Morgan fingerprint density at radius 2 is 2.17 bits per heavy atom. The summed E-state index contributed by atoms with van der Waals surface area (Å²) in [6, 6.07) is 7.21. The first-order chi connectivity index (χ1) is 8.38. The Kier molecular flexibility index (Phi) is 3.67. The highest BCUT2D eigenvalue weighted by Crippen LogP contribution is 2.52. The molecule has 1 aromatic rings. The average Bonchev–Trinajstić information content (AvgIpc) is 3.05. The van der Waals surface area contributed by atoms with Gasteiger partial charge in [0.1, 0.15) is 0 Å². The van der Waals surface area contributed by atoms with Gasteiger partial charge in [-0.25, -0.2) is 8.42 Å². The van der Waals surface area contributed by atoms with Crippen LogP contribution < -0.4 is 5.73 Å². The van der Waals surface area contributed by atoms with E-state index in [0.29, 0.717) is 5.02 Å². The molecule has 2 rings (SSSR count). The van der Waals surface area contributed by atoms with Crippen molar-refractivity contribution in [3.63, 3.8) is 0 Å². The monoisotopic (exact) mass is 303 g/mol. The Bertz CT molecular complexity index is 585. The summed E-state index contributed by atoms with van der Waals surface area (Å²) >= 11 is 10.9.